The maximum atomic E-state index is 12.5. The smallest absolute Gasteiger partial charge is 0.266 e. The van der Waals surface area contributed by atoms with Gasteiger partial charge in [-0.25, -0.2) is 0 Å². The third-order valence-electron chi connectivity index (χ3n) is 4.13. The second kappa shape index (κ2) is 7.84. The number of thioether (sulfide) groups is 1. The van der Waals surface area contributed by atoms with E-state index in [1.807, 2.05) is 20.8 Å². The fourth-order valence-electron chi connectivity index (χ4n) is 2.81. The number of hydrogen-bond acceptors (Lipinski definition) is 6. The Morgan fingerprint density at radius 1 is 1.30 bits per heavy atom. The van der Waals surface area contributed by atoms with Crippen LogP contribution < -0.4 is 5.11 Å². The lowest BCUT2D eigenvalue weighted by Crippen LogP contribution is -2.28. The molecule has 1 aliphatic rings. The molecule has 3 rings (SSSR count). The monoisotopic (exact) mass is 383 g/mol. The summed E-state index contributed by atoms with van der Waals surface area (Å²) < 4.78 is 5.86. The second-order valence-corrected chi connectivity index (χ2v) is 6.95. The van der Waals surface area contributed by atoms with E-state index in [9.17, 15) is 14.7 Å². The molecule has 1 aliphatic heterocycles. The molecule has 0 radical (unpaired) electrons. The van der Waals surface area contributed by atoms with Crippen molar-refractivity contribution in [2.24, 2.45) is 4.99 Å². The van der Waals surface area contributed by atoms with Crippen molar-refractivity contribution in [3.8, 4) is 11.3 Å². The van der Waals surface area contributed by atoms with E-state index >= 15 is 0 Å². The molecule has 0 spiro atoms. The number of carboxylic acid groups (broad SMARTS) is 1. The third-order valence-corrected chi connectivity index (χ3v) is 5.17. The molecule has 27 heavy (non-hydrogen) atoms. The fourth-order valence-corrected chi connectivity index (χ4v) is 3.90. The van der Waals surface area contributed by atoms with Gasteiger partial charge in [-0.2, -0.15) is 0 Å². The maximum Gasteiger partial charge on any atom is 0.266 e. The van der Waals surface area contributed by atoms with Crippen LogP contribution in [0.3, 0.4) is 0 Å². The average Bonchev–Trinajstić information content (AvgIpc) is 3.20. The van der Waals surface area contributed by atoms with Gasteiger partial charge >= 0.3 is 0 Å². The molecule has 0 unspecified atom stereocenters. The van der Waals surface area contributed by atoms with Gasteiger partial charge in [0, 0.05) is 24.7 Å². The Morgan fingerprint density at radius 3 is 2.70 bits per heavy atom. The molecule has 7 heteroatoms. The van der Waals surface area contributed by atoms with Crippen LogP contribution >= 0.6 is 11.8 Å². The SMILES string of the molecule is CCN=C1S/C(=C/c2ccc(-c3ccc(C(=O)[O-])cc3C)o2)C(=O)N1CC. The molecule has 1 aromatic carbocycles. The van der Waals surface area contributed by atoms with Crippen molar-refractivity contribution in [3.05, 3.63) is 52.1 Å². The number of carbonyl (C=O) groups excluding carboxylic acids is 2. The summed E-state index contributed by atoms with van der Waals surface area (Å²) in [4.78, 5) is 30.0. The zero-order valence-electron chi connectivity index (χ0n) is 15.3. The van der Waals surface area contributed by atoms with Crippen molar-refractivity contribution in [3.63, 3.8) is 0 Å². The Bertz CT molecular complexity index is 959. The van der Waals surface area contributed by atoms with E-state index in [4.69, 9.17) is 4.42 Å². The number of carbonyl (C=O) groups is 2. The summed E-state index contributed by atoms with van der Waals surface area (Å²) in [5.74, 6) is -0.133. The Balaban J connectivity index is 1.89. The lowest BCUT2D eigenvalue weighted by atomic mass is 10.0. The number of amidine groups is 1. The topological polar surface area (TPSA) is 85.9 Å². The number of aromatic carboxylic acids is 1. The molecular weight excluding hydrogens is 364 g/mol. The molecule has 0 aliphatic carbocycles. The lowest BCUT2D eigenvalue weighted by molar-refractivity contribution is -0.255. The number of aryl methyl sites for hydroxylation is 1. The number of rotatable bonds is 5. The van der Waals surface area contributed by atoms with Crippen molar-refractivity contribution in [2.75, 3.05) is 13.1 Å². The predicted octanol–water partition coefficient (Wildman–Crippen LogP) is 2.93. The van der Waals surface area contributed by atoms with Crippen LogP contribution in [-0.4, -0.2) is 35.0 Å². The van der Waals surface area contributed by atoms with Crippen LogP contribution in [0.15, 0.2) is 44.6 Å². The zero-order valence-corrected chi connectivity index (χ0v) is 16.1. The Labute approximate surface area is 161 Å². The summed E-state index contributed by atoms with van der Waals surface area (Å²) in [5, 5.41) is 11.7. The van der Waals surface area contributed by atoms with E-state index in [2.05, 4.69) is 4.99 Å². The number of nitrogens with zero attached hydrogens (tertiary/aromatic N) is 2. The number of aliphatic imine (C=N–C) groups is 1. The van der Waals surface area contributed by atoms with Crippen molar-refractivity contribution >= 4 is 34.9 Å². The van der Waals surface area contributed by atoms with E-state index in [1.54, 1.807) is 35.2 Å². The van der Waals surface area contributed by atoms with E-state index < -0.39 is 5.97 Å². The Hall–Kier alpha value is -2.80. The van der Waals surface area contributed by atoms with Gasteiger partial charge < -0.3 is 14.3 Å². The molecule has 1 fully saturated rings. The van der Waals surface area contributed by atoms with E-state index in [1.165, 1.54) is 17.8 Å². The molecule has 0 bridgehead atoms. The van der Waals surface area contributed by atoms with Gasteiger partial charge in [-0.15, -0.1) is 0 Å². The molecular formula is C20H19N2O4S-. The van der Waals surface area contributed by atoms with Crippen LogP contribution in [0.2, 0.25) is 0 Å². The largest absolute Gasteiger partial charge is 0.545 e. The minimum atomic E-state index is -1.21. The van der Waals surface area contributed by atoms with Crippen LogP contribution in [0.1, 0.15) is 35.5 Å². The molecule has 0 saturated carbocycles. The summed E-state index contributed by atoms with van der Waals surface area (Å²) in [6, 6.07) is 8.32. The van der Waals surface area contributed by atoms with Crippen molar-refractivity contribution in [1.29, 1.82) is 0 Å². The predicted molar refractivity (Wildman–Crippen MR) is 104 cm³/mol. The molecule has 0 N–H and O–H groups in total. The van der Waals surface area contributed by atoms with Crippen LogP contribution in [-0.2, 0) is 4.79 Å². The number of likely N-dealkylation sites (N-methyl/N-ethyl adjacent to an activating group) is 1. The van der Waals surface area contributed by atoms with Crippen molar-refractivity contribution in [2.45, 2.75) is 20.8 Å². The highest BCUT2D eigenvalue weighted by Gasteiger charge is 2.32. The standard InChI is InChI=1S/C20H20N2O4S/c1-4-21-20-22(5-2)18(23)17(27-20)11-14-7-9-16(26-14)15-8-6-13(19(24)25)10-12(15)3/h6-11H,4-5H2,1-3H3,(H,24,25)/p-1/b17-11+,21-20?. The summed E-state index contributed by atoms with van der Waals surface area (Å²) in [7, 11) is 0. The molecule has 6 nitrogen and oxygen atoms in total. The van der Waals surface area contributed by atoms with Gasteiger partial charge in [0.2, 0.25) is 0 Å². The van der Waals surface area contributed by atoms with Crippen LogP contribution in [0.5, 0.6) is 0 Å². The second-order valence-electron chi connectivity index (χ2n) is 5.94. The van der Waals surface area contributed by atoms with Crippen LogP contribution in [0, 0.1) is 6.92 Å². The minimum Gasteiger partial charge on any atom is -0.545 e. The van der Waals surface area contributed by atoms with Crippen LogP contribution in [0.4, 0.5) is 0 Å². The summed E-state index contributed by atoms with van der Waals surface area (Å²) >= 11 is 1.34. The van der Waals surface area contributed by atoms with Gasteiger partial charge in [0.15, 0.2) is 5.17 Å². The first-order valence-electron chi connectivity index (χ1n) is 8.62. The first kappa shape index (κ1) is 19.0. The summed E-state index contributed by atoms with van der Waals surface area (Å²) in [6.07, 6.45) is 1.71. The number of amides is 1. The molecule has 2 heterocycles. The number of carboxylic acids is 1. The maximum absolute atomic E-state index is 12.5. The molecule has 1 aromatic heterocycles. The van der Waals surface area contributed by atoms with Crippen molar-refractivity contribution < 1.29 is 19.1 Å². The zero-order chi connectivity index (χ0) is 19.6. The molecule has 2 aromatic rings. The Kier molecular flexibility index (Phi) is 5.51. The van der Waals surface area contributed by atoms with Gasteiger partial charge in [-0.1, -0.05) is 12.1 Å². The average molecular weight is 383 g/mol. The first-order valence-corrected chi connectivity index (χ1v) is 9.44. The summed E-state index contributed by atoms with van der Waals surface area (Å²) in [6.45, 7) is 6.84. The fraction of sp³-hybridized carbons (Fsp3) is 0.250. The van der Waals surface area contributed by atoms with Gasteiger partial charge in [-0.05, 0) is 61.9 Å². The third kappa shape index (κ3) is 3.83. The number of furan rings is 1. The van der Waals surface area contributed by atoms with E-state index in [0.29, 0.717) is 34.7 Å². The van der Waals surface area contributed by atoms with Crippen molar-refractivity contribution in [1.82, 2.24) is 4.90 Å². The molecule has 0 atom stereocenters. The molecule has 1 amide bonds. The highest BCUT2D eigenvalue weighted by molar-refractivity contribution is 8.18. The van der Waals surface area contributed by atoms with Gasteiger partial charge in [-0.3, -0.25) is 14.7 Å². The van der Waals surface area contributed by atoms with Gasteiger partial charge in [0.25, 0.3) is 5.91 Å². The normalized spacial score (nSPS) is 17.3. The van der Waals surface area contributed by atoms with Gasteiger partial charge in [0.05, 0.1) is 10.9 Å². The number of hydrogen-bond donors (Lipinski definition) is 0. The highest BCUT2D eigenvalue weighted by Crippen LogP contribution is 2.34. The van der Waals surface area contributed by atoms with E-state index in [-0.39, 0.29) is 11.5 Å². The molecule has 1 saturated heterocycles. The lowest BCUT2D eigenvalue weighted by Gasteiger charge is -2.11. The molecule has 140 valence electrons. The van der Waals surface area contributed by atoms with E-state index in [0.717, 1.165) is 11.1 Å². The first-order chi connectivity index (χ1) is 12.9. The minimum absolute atomic E-state index is 0.0814. The quantitative estimate of drug-likeness (QED) is 0.741. The van der Waals surface area contributed by atoms with Gasteiger partial charge in [0.1, 0.15) is 11.5 Å². The number of benzene rings is 1. The Morgan fingerprint density at radius 2 is 2.07 bits per heavy atom. The summed E-state index contributed by atoms with van der Waals surface area (Å²) in [5.41, 5.74) is 1.69. The van der Waals surface area contributed by atoms with Crippen LogP contribution in [0.25, 0.3) is 17.4 Å². The highest BCUT2D eigenvalue weighted by atomic mass is 32.2.